The molecule has 0 radical (unpaired) electrons. The molecule has 0 aromatic rings. The molecule has 0 aliphatic carbocycles. The van der Waals surface area contributed by atoms with Crippen molar-refractivity contribution in [1.29, 1.82) is 0 Å². The molecule has 1 N–H and O–H groups in total. The lowest BCUT2D eigenvalue weighted by molar-refractivity contribution is -0.138. The Bertz CT molecular complexity index is 292. The summed E-state index contributed by atoms with van der Waals surface area (Å²) in [7, 11) is -2.25. The zero-order valence-corrected chi connectivity index (χ0v) is 15.0. The van der Waals surface area contributed by atoms with Crippen molar-refractivity contribution < 1.29 is 14.0 Å². The van der Waals surface area contributed by atoms with Gasteiger partial charge in [-0.25, -0.2) is 0 Å². The Labute approximate surface area is 126 Å². The van der Waals surface area contributed by atoms with E-state index in [1.54, 1.807) is 0 Å². The number of nitrogens with one attached hydrogen (secondary N) is 1. The van der Waals surface area contributed by atoms with Crippen molar-refractivity contribution in [3.8, 4) is 0 Å². The molecule has 1 aliphatic rings. The summed E-state index contributed by atoms with van der Waals surface area (Å²) in [6.45, 7) is 5.17. The Morgan fingerprint density at radius 1 is 1.33 bits per heavy atom. The van der Waals surface area contributed by atoms with Crippen LogP contribution in [-0.2, 0) is 14.0 Å². The maximum Gasteiger partial charge on any atom is 0.163 e. The van der Waals surface area contributed by atoms with Gasteiger partial charge in [0.2, 0.25) is 0 Å². The molecule has 1 heterocycles. The van der Waals surface area contributed by atoms with E-state index in [2.05, 4.69) is 36.9 Å². The van der Waals surface area contributed by atoms with E-state index < -0.39 is 13.1 Å². The normalized spacial score (nSPS) is 23.4. The van der Waals surface area contributed by atoms with Gasteiger partial charge in [-0.1, -0.05) is 31.9 Å². The molecular weight excluding hydrogens is 385 g/mol. The van der Waals surface area contributed by atoms with Gasteiger partial charge in [0.1, 0.15) is 7.29 Å². The summed E-state index contributed by atoms with van der Waals surface area (Å²) < 4.78 is 23.7. The Balaban J connectivity index is 2.29. The number of ether oxygens (including phenoxy) is 2. The van der Waals surface area contributed by atoms with Crippen molar-refractivity contribution in [2.75, 3.05) is 36.1 Å². The van der Waals surface area contributed by atoms with E-state index in [1.807, 2.05) is 13.8 Å². The maximum absolute atomic E-state index is 12.5. The Hall–Kier alpha value is 1.07. The second-order valence-electron chi connectivity index (χ2n) is 4.86. The van der Waals surface area contributed by atoms with E-state index in [9.17, 15) is 4.57 Å². The SMILES string of the molecule is CC1(C)OCC(CCNP(=O)(CCBr)CCBr)O1. The molecule has 1 unspecified atom stereocenters. The Morgan fingerprint density at radius 2 is 1.94 bits per heavy atom. The third-order valence-electron chi connectivity index (χ3n) is 2.83. The number of halogens is 2. The second kappa shape index (κ2) is 7.75. The summed E-state index contributed by atoms with van der Waals surface area (Å²) in [6, 6.07) is 0. The number of alkyl halides is 2. The standard InChI is InChI=1S/C11H22Br2NO3P/c1-11(2)16-9-10(17-11)3-6-14-18(15,7-4-12)8-5-13/h10H,3-9H2,1-2H3,(H,14,15). The van der Waals surface area contributed by atoms with Crippen LogP contribution >= 0.6 is 39.2 Å². The van der Waals surface area contributed by atoms with Crippen LogP contribution in [0.4, 0.5) is 0 Å². The van der Waals surface area contributed by atoms with Crippen molar-refractivity contribution >= 4 is 39.2 Å². The van der Waals surface area contributed by atoms with Crippen LogP contribution < -0.4 is 5.09 Å². The van der Waals surface area contributed by atoms with E-state index in [0.717, 1.165) is 17.1 Å². The molecule has 0 spiro atoms. The summed E-state index contributed by atoms with van der Waals surface area (Å²) in [4.78, 5) is 0. The van der Waals surface area contributed by atoms with Crippen molar-refractivity contribution in [1.82, 2.24) is 5.09 Å². The molecule has 1 rings (SSSR count). The van der Waals surface area contributed by atoms with Gasteiger partial charge in [-0.15, -0.1) is 0 Å². The van der Waals surface area contributed by atoms with Crippen LogP contribution in [0.5, 0.6) is 0 Å². The first-order valence-corrected chi connectivity index (χ1v) is 10.5. The monoisotopic (exact) mass is 405 g/mol. The Morgan fingerprint density at radius 3 is 2.39 bits per heavy atom. The lowest BCUT2D eigenvalue weighted by Gasteiger charge is -2.20. The topological polar surface area (TPSA) is 47.6 Å². The highest BCUT2D eigenvalue weighted by Gasteiger charge is 2.32. The fourth-order valence-corrected chi connectivity index (χ4v) is 6.94. The van der Waals surface area contributed by atoms with Gasteiger partial charge in [0.15, 0.2) is 5.79 Å². The van der Waals surface area contributed by atoms with Crippen molar-refractivity contribution in [2.24, 2.45) is 0 Å². The summed E-state index contributed by atoms with van der Waals surface area (Å²) in [5.74, 6) is -0.472. The largest absolute Gasteiger partial charge is 0.348 e. The summed E-state index contributed by atoms with van der Waals surface area (Å²) >= 11 is 6.71. The van der Waals surface area contributed by atoms with Gasteiger partial charge in [0.05, 0.1) is 12.7 Å². The minimum atomic E-state index is -2.25. The van der Waals surface area contributed by atoms with E-state index in [0.29, 0.717) is 25.5 Å². The van der Waals surface area contributed by atoms with Crippen LogP contribution in [0, 0.1) is 0 Å². The first-order chi connectivity index (χ1) is 8.41. The van der Waals surface area contributed by atoms with Crippen LogP contribution in [0.2, 0.25) is 0 Å². The predicted molar refractivity (Wildman–Crippen MR) is 82.5 cm³/mol. The summed E-state index contributed by atoms with van der Waals surface area (Å²) in [6.07, 6.45) is 2.31. The third-order valence-corrected chi connectivity index (χ3v) is 7.54. The molecule has 0 amide bonds. The van der Waals surface area contributed by atoms with Gasteiger partial charge in [-0.05, 0) is 20.3 Å². The molecule has 4 nitrogen and oxygen atoms in total. The highest BCUT2D eigenvalue weighted by atomic mass is 79.9. The molecular formula is C11H22Br2NO3P. The summed E-state index contributed by atoms with van der Waals surface area (Å²) in [5.41, 5.74) is 0. The van der Waals surface area contributed by atoms with E-state index in [-0.39, 0.29) is 6.10 Å². The predicted octanol–water partition coefficient (Wildman–Crippen LogP) is 3.19. The molecule has 0 aromatic heterocycles. The molecule has 108 valence electrons. The third kappa shape index (κ3) is 6.02. The van der Waals surface area contributed by atoms with Crippen LogP contribution in [0.3, 0.4) is 0 Å². The van der Waals surface area contributed by atoms with Crippen LogP contribution in [0.15, 0.2) is 0 Å². The van der Waals surface area contributed by atoms with Crippen molar-refractivity contribution in [3.05, 3.63) is 0 Å². The number of hydrogen-bond donors (Lipinski definition) is 1. The molecule has 0 aromatic carbocycles. The molecule has 1 fully saturated rings. The molecule has 18 heavy (non-hydrogen) atoms. The van der Waals surface area contributed by atoms with Crippen LogP contribution in [-0.4, -0.2) is 48.0 Å². The average Bonchev–Trinajstić information content (AvgIpc) is 2.59. The number of rotatable bonds is 8. The molecule has 0 bridgehead atoms. The number of hydrogen-bond acceptors (Lipinski definition) is 3. The van der Waals surface area contributed by atoms with Crippen LogP contribution in [0.1, 0.15) is 20.3 Å². The van der Waals surface area contributed by atoms with E-state index in [4.69, 9.17) is 9.47 Å². The van der Waals surface area contributed by atoms with Gasteiger partial charge in [0, 0.05) is 29.5 Å². The minimum absolute atomic E-state index is 0.105. The zero-order valence-electron chi connectivity index (χ0n) is 11.0. The molecule has 1 atom stereocenters. The lowest BCUT2D eigenvalue weighted by Crippen LogP contribution is -2.25. The van der Waals surface area contributed by atoms with Gasteiger partial charge in [-0.3, -0.25) is 5.09 Å². The quantitative estimate of drug-likeness (QED) is 0.496. The Kier molecular flexibility index (Phi) is 7.37. The van der Waals surface area contributed by atoms with Crippen molar-refractivity contribution in [2.45, 2.75) is 32.2 Å². The van der Waals surface area contributed by atoms with Crippen molar-refractivity contribution in [3.63, 3.8) is 0 Å². The first kappa shape index (κ1) is 17.1. The van der Waals surface area contributed by atoms with Gasteiger partial charge >= 0.3 is 0 Å². The maximum atomic E-state index is 12.5. The highest BCUT2D eigenvalue weighted by Crippen LogP contribution is 2.41. The highest BCUT2D eigenvalue weighted by molar-refractivity contribution is 9.09. The molecule has 1 aliphatic heterocycles. The minimum Gasteiger partial charge on any atom is -0.348 e. The zero-order chi connectivity index (χ0) is 13.6. The van der Waals surface area contributed by atoms with Gasteiger partial charge in [-0.2, -0.15) is 0 Å². The lowest BCUT2D eigenvalue weighted by atomic mass is 10.3. The van der Waals surface area contributed by atoms with Gasteiger partial charge < -0.3 is 14.0 Å². The second-order valence-corrected chi connectivity index (χ2v) is 9.44. The molecule has 0 saturated carbocycles. The fourth-order valence-electron chi connectivity index (χ4n) is 1.88. The fraction of sp³-hybridized carbons (Fsp3) is 1.00. The average molecular weight is 407 g/mol. The summed E-state index contributed by atoms with van der Waals surface area (Å²) in [5, 5.41) is 4.74. The smallest absolute Gasteiger partial charge is 0.163 e. The van der Waals surface area contributed by atoms with E-state index in [1.165, 1.54) is 0 Å². The van der Waals surface area contributed by atoms with E-state index >= 15 is 0 Å². The van der Waals surface area contributed by atoms with Gasteiger partial charge in [0.25, 0.3) is 0 Å². The first-order valence-electron chi connectivity index (χ1n) is 6.18. The molecule has 1 saturated heterocycles. The molecule has 7 heteroatoms. The van der Waals surface area contributed by atoms with Crippen LogP contribution in [0.25, 0.3) is 0 Å².